The molecule has 1 heterocycles. The molecule has 0 saturated heterocycles. The average molecular weight is 329 g/mol. The Morgan fingerprint density at radius 3 is 2.83 bits per heavy atom. The van der Waals surface area contributed by atoms with Gasteiger partial charge in [-0.3, -0.25) is 0 Å². The van der Waals surface area contributed by atoms with E-state index in [0.29, 0.717) is 16.7 Å². The van der Waals surface area contributed by atoms with Crippen LogP contribution in [0.25, 0.3) is 0 Å². The van der Waals surface area contributed by atoms with E-state index in [1.165, 1.54) is 0 Å². The van der Waals surface area contributed by atoms with Gasteiger partial charge < -0.3 is 9.84 Å². The fourth-order valence-electron chi connectivity index (χ4n) is 1.41. The van der Waals surface area contributed by atoms with Crippen LogP contribution in [0.2, 0.25) is 5.02 Å². The van der Waals surface area contributed by atoms with Gasteiger partial charge in [0.15, 0.2) is 0 Å². The van der Waals surface area contributed by atoms with Gasteiger partial charge in [0.2, 0.25) is 5.88 Å². The van der Waals surface area contributed by atoms with E-state index in [4.69, 9.17) is 16.3 Å². The van der Waals surface area contributed by atoms with Crippen LogP contribution < -0.4 is 4.74 Å². The molecule has 0 aliphatic carbocycles. The first-order valence-electron chi connectivity index (χ1n) is 5.33. The first-order valence-corrected chi connectivity index (χ1v) is 6.50. The molecule has 0 aliphatic rings. The van der Waals surface area contributed by atoms with Gasteiger partial charge in [-0.2, -0.15) is 0 Å². The third-order valence-corrected chi connectivity index (χ3v) is 3.15. The summed E-state index contributed by atoms with van der Waals surface area (Å²) in [6, 6.07) is 8.75. The smallest absolute Gasteiger partial charge is 0.219 e. The highest BCUT2D eigenvalue weighted by Crippen LogP contribution is 2.31. The third-order valence-electron chi connectivity index (χ3n) is 2.35. The van der Waals surface area contributed by atoms with E-state index < -0.39 is 6.10 Å². The van der Waals surface area contributed by atoms with Crippen LogP contribution in [0, 0.1) is 0 Å². The highest BCUT2D eigenvalue weighted by molar-refractivity contribution is 9.10. The summed E-state index contributed by atoms with van der Waals surface area (Å²) in [7, 11) is 0. The maximum atomic E-state index is 9.50. The Bertz CT molecular complexity index is 560. The molecular weight excluding hydrogens is 318 g/mol. The van der Waals surface area contributed by atoms with Gasteiger partial charge in [0, 0.05) is 16.7 Å². The lowest BCUT2D eigenvalue weighted by atomic mass is 10.2. The van der Waals surface area contributed by atoms with Crippen molar-refractivity contribution in [2.24, 2.45) is 0 Å². The molecule has 0 amide bonds. The minimum Gasteiger partial charge on any atom is -0.437 e. The molecular formula is C13H11BrClNO2. The molecule has 18 heavy (non-hydrogen) atoms. The standard InChI is InChI=1S/C13H11BrClNO2/c1-8(17)9-4-5-16-13(6-9)18-12-7-10(14)2-3-11(12)15/h2-8,17H,1H3/t8-/m1/s1. The van der Waals surface area contributed by atoms with Crippen LogP contribution in [0.1, 0.15) is 18.6 Å². The predicted molar refractivity (Wildman–Crippen MR) is 74.1 cm³/mol. The van der Waals surface area contributed by atoms with Crippen LogP contribution in [0.4, 0.5) is 0 Å². The maximum absolute atomic E-state index is 9.50. The molecule has 1 N–H and O–H groups in total. The lowest BCUT2D eigenvalue weighted by Crippen LogP contribution is -1.94. The maximum Gasteiger partial charge on any atom is 0.219 e. The van der Waals surface area contributed by atoms with Crippen molar-refractivity contribution in [2.45, 2.75) is 13.0 Å². The van der Waals surface area contributed by atoms with Gasteiger partial charge in [-0.25, -0.2) is 4.98 Å². The van der Waals surface area contributed by atoms with Crippen molar-refractivity contribution in [2.75, 3.05) is 0 Å². The van der Waals surface area contributed by atoms with Gasteiger partial charge in [0.25, 0.3) is 0 Å². The summed E-state index contributed by atoms with van der Waals surface area (Å²) in [5, 5.41) is 10.00. The van der Waals surface area contributed by atoms with Crippen molar-refractivity contribution in [3.05, 3.63) is 51.6 Å². The topological polar surface area (TPSA) is 42.4 Å². The molecule has 3 nitrogen and oxygen atoms in total. The zero-order chi connectivity index (χ0) is 13.1. The molecule has 0 aliphatic heterocycles. The number of ether oxygens (including phenoxy) is 1. The Morgan fingerprint density at radius 2 is 2.11 bits per heavy atom. The fraction of sp³-hybridized carbons (Fsp3) is 0.154. The summed E-state index contributed by atoms with van der Waals surface area (Å²) < 4.78 is 6.47. The minimum atomic E-state index is -0.562. The van der Waals surface area contributed by atoms with Crippen molar-refractivity contribution in [1.29, 1.82) is 0 Å². The zero-order valence-electron chi connectivity index (χ0n) is 9.60. The highest BCUT2D eigenvalue weighted by Gasteiger charge is 2.07. The average Bonchev–Trinajstić information content (AvgIpc) is 2.34. The van der Waals surface area contributed by atoms with Crippen LogP contribution in [-0.4, -0.2) is 10.1 Å². The molecule has 2 rings (SSSR count). The van der Waals surface area contributed by atoms with E-state index in [1.807, 2.05) is 6.07 Å². The SMILES string of the molecule is C[C@@H](O)c1ccnc(Oc2cc(Br)ccc2Cl)c1. The van der Waals surface area contributed by atoms with Crippen molar-refractivity contribution in [1.82, 2.24) is 4.98 Å². The first-order chi connectivity index (χ1) is 8.56. The van der Waals surface area contributed by atoms with Gasteiger partial charge in [0.05, 0.1) is 11.1 Å². The molecule has 0 spiro atoms. The number of hydrogen-bond acceptors (Lipinski definition) is 3. The Labute approximate surface area is 119 Å². The molecule has 2 aromatic rings. The molecule has 0 radical (unpaired) electrons. The largest absolute Gasteiger partial charge is 0.437 e. The Morgan fingerprint density at radius 1 is 1.33 bits per heavy atom. The van der Waals surface area contributed by atoms with Gasteiger partial charge >= 0.3 is 0 Å². The second kappa shape index (κ2) is 5.69. The Balaban J connectivity index is 2.28. The van der Waals surface area contributed by atoms with Crippen molar-refractivity contribution < 1.29 is 9.84 Å². The second-order valence-corrected chi connectivity index (χ2v) is 5.10. The summed E-state index contributed by atoms with van der Waals surface area (Å²) >= 11 is 9.37. The number of aliphatic hydroxyl groups excluding tert-OH is 1. The number of aliphatic hydroxyl groups is 1. The number of hydrogen-bond donors (Lipinski definition) is 1. The second-order valence-electron chi connectivity index (χ2n) is 3.78. The summed E-state index contributed by atoms with van der Waals surface area (Å²) in [4.78, 5) is 4.08. The van der Waals surface area contributed by atoms with E-state index >= 15 is 0 Å². The quantitative estimate of drug-likeness (QED) is 0.911. The van der Waals surface area contributed by atoms with E-state index in [-0.39, 0.29) is 0 Å². The van der Waals surface area contributed by atoms with Crippen LogP contribution in [0.3, 0.4) is 0 Å². The lowest BCUT2D eigenvalue weighted by molar-refractivity contribution is 0.198. The first kappa shape index (κ1) is 13.3. The number of pyridine rings is 1. The number of aromatic nitrogens is 1. The molecule has 0 unspecified atom stereocenters. The fourth-order valence-corrected chi connectivity index (χ4v) is 1.90. The predicted octanol–water partition coefficient (Wildman–Crippen LogP) is 4.34. The van der Waals surface area contributed by atoms with Crippen LogP contribution in [-0.2, 0) is 0 Å². The summed E-state index contributed by atoms with van der Waals surface area (Å²) in [5.41, 5.74) is 0.742. The number of rotatable bonds is 3. The van der Waals surface area contributed by atoms with Crippen LogP contribution >= 0.6 is 27.5 Å². The molecule has 0 fully saturated rings. The van der Waals surface area contributed by atoms with Gasteiger partial charge in [-0.05, 0) is 36.8 Å². The number of halogens is 2. The summed E-state index contributed by atoms with van der Waals surface area (Å²) in [6.07, 6.45) is 1.02. The van der Waals surface area contributed by atoms with E-state index in [0.717, 1.165) is 10.0 Å². The molecule has 1 atom stereocenters. The Hall–Kier alpha value is -1.10. The number of benzene rings is 1. The van der Waals surface area contributed by atoms with Crippen LogP contribution in [0.15, 0.2) is 41.0 Å². The minimum absolute atomic E-state index is 0.397. The zero-order valence-corrected chi connectivity index (χ0v) is 11.9. The molecule has 0 bridgehead atoms. The van der Waals surface area contributed by atoms with Gasteiger partial charge in [0.1, 0.15) is 5.75 Å². The van der Waals surface area contributed by atoms with E-state index in [1.54, 1.807) is 37.4 Å². The summed E-state index contributed by atoms with van der Waals surface area (Å²) in [6.45, 7) is 1.69. The van der Waals surface area contributed by atoms with Crippen molar-refractivity contribution >= 4 is 27.5 Å². The molecule has 1 aromatic heterocycles. The molecule has 5 heteroatoms. The molecule has 94 valence electrons. The molecule has 1 aromatic carbocycles. The Kier molecular flexibility index (Phi) is 4.22. The van der Waals surface area contributed by atoms with Gasteiger partial charge in [-0.15, -0.1) is 0 Å². The molecule has 0 saturated carbocycles. The summed E-state index contributed by atoms with van der Waals surface area (Å²) in [5.74, 6) is 0.912. The third kappa shape index (κ3) is 3.22. The van der Waals surface area contributed by atoms with E-state index in [9.17, 15) is 5.11 Å². The van der Waals surface area contributed by atoms with Crippen LogP contribution in [0.5, 0.6) is 11.6 Å². The number of nitrogens with zero attached hydrogens (tertiary/aromatic N) is 1. The van der Waals surface area contributed by atoms with Crippen molar-refractivity contribution in [3.63, 3.8) is 0 Å². The van der Waals surface area contributed by atoms with E-state index in [2.05, 4.69) is 20.9 Å². The van der Waals surface area contributed by atoms with Crippen molar-refractivity contribution in [3.8, 4) is 11.6 Å². The lowest BCUT2D eigenvalue weighted by Gasteiger charge is -2.09. The monoisotopic (exact) mass is 327 g/mol. The normalized spacial score (nSPS) is 12.2. The van der Waals surface area contributed by atoms with Gasteiger partial charge in [-0.1, -0.05) is 27.5 Å². The highest BCUT2D eigenvalue weighted by atomic mass is 79.9.